The summed E-state index contributed by atoms with van der Waals surface area (Å²) in [7, 11) is -4.07. The number of nitrogens with zero attached hydrogens (tertiary/aromatic N) is 1. The molecule has 0 amide bonds. The first-order valence-electron chi connectivity index (χ1n) is 6.21. The van der Waals surface area contributed by atoms with Crippen molar-refractivity contribution >= 4 is 16.0 Å². The van der Waals surface area contributed by atoms with Crippen LogP contribution in [-0.2, 0) is 14.8 Å². The van der Waals surface area contributed by atoms with Crippen molar-refractivity contribution in [2.24, 2.45) is 5.92 Å². The van der Waals surface area contributed by atoms with Gasteiger partial charge in [0.15, 0.2) is 0 Å². The van der Waals surface area contributed by atoms with E-state index in [1.54, 1.807) is 6.92 Å². The highest BCUT2D eigenvalue weighted by Gasteiger charge is 2.22. The summed E-state index contributed by atoms with van der Waals surface area (Å²) in [6, 6.07) is 4.83. The number of carboxylic acids is 1. The smallest absolute Gasteiger partial charge is 0.303 e. The number of halogens is 1. The number of nitriles is 1. The average Bonchev–Trinajstić information content (AvgIpc) is 2.42. The highest BCUT2D eigenvalue weighted by molar-refractivity contribution is 7.89. The summed E-state index contributed by atoms with van der Waals surface area (Å²) in [5.74, 6) is -2.32. The van der Waals surface area contributed by atoms with Gasteiger partial charge in [0, 0.05) is 13.0 Å². The minimum Gasteiger partial charge on any atom is -0.481 e. The number of carbonyl (C=O) groups is 1. The molecular weight excluding hydrogens is 299 g/mol. The van der Waals surface area contributed by atoms with Gasteiger partial charge in [0.05, 0.1) is 0 Å². The first kappa shape index (κ1) is 17.1. The van der Waals surface area contributed by atoms with Gasteiger partial charge < -0.3 is 5.11 Å². The highest BCUT2D eigenvalue weighted by atomic mass is 32.2. The lowest BCUT2D eigenvalue weighted by atomic mass is 10.0. The summed E-state index contributed by atoms with van der Waals surface area (Å²) in [6.45, 7) is 1.65. The number of sulfonamides is 1. The van der Waals surface area contributed by atoms with Crippen LogP contribution in [-0.4, -0.2) is 26.0 Å². The van der Waals surface area contributed by atoms with Crippen molar-refractivity contribution in [2.75, 3.05) is 6.54 Å². The third kappa shape index (κ3) is 4.51. The van der Waals surface area contributed by atoms with E-state index in [9.17, 15) is 17.6 Å². The van der Waals surface area contributed by atoms with E-state index in [1.807, 2.05) is 0 Å². The summed E-state index contributed by atoms with van der Waals surface area (Å²) >= 11 is 0. The van der Waals surface area contributed by atoms with E-state index < -0.39 is 32.3 Å². The normalized spacial score (nSPS) is 12.6. The number of hydrogen-bond acceptors (Lipinski definition) is 4. The van der Waals surface area contributed by atoms with Gasteiger partial charge >= 0.3 is 5.97 Å². The van der Waals surface area contributed by atoms with Gasteiger partial charge in [0.25, 0.3) is 0 Å². The lowest BCUT2D eigenvalue weighted by Crippen LogP contribution is -2.30. The first-order valence-corrected chi connectivity index (χ1v) is 7.70. The molecule has 0 fully saturated rings. The van der Waals surface area contributed by atoms with E-state index in [4.69, 9.17) is 10.4 Å². The molecule has 1 atom stereocenters. The van der Waals surface area contributed by atoms with Crippen LogP contribution < -0.4 is 4.72 Å². The minimum atomic E-state index is -4.07. The largest absolute Gasteiger partial charge is 0.481 e. The molecule has 1 rings (SSSR count). The zero-order valence-electron chi connectivity index (χ0n) is 11.3. The fraction of sp³-hybridized carbons (Fsp3) is 0.385. The second kappa shape index (κ2) is 7.15. The molecule has 0 heterocycles. The van der Waals surface area contributed by atoms with Gasteiger partial charge in [-0.1, -0.05) is 19.4 Å². The van der Waals surface area contributed by atoms with E-state index >= 15 is 0 Å². The van der Waals surface area contributed by atoms with Crippen molar-refractivity contribution in [3.8, 4) is 6.07 Å². The van der Waals surface area contributed by atoms with Gasteiger partial charge in [-0.25, -0.2) is 17.5 Å². The summed E-state index contributed by atoms with van der Waals surface area (Å²) in [5, 5.41) is 17.6. The third-order valence-electron chi connectivity index (χ3n) is 2.98. The van der Waals surface area contributed by atoms with E-state index in [1.165, 1.54) is 12.1 Å². The second-order valence-corrected chi connectivity index (χ2v) is 6.18. The molecule has 6 nitrogen and oxygen atoms in total. The quantitative estimate of drug-likeness (QED) is 0.792. The Bertz CT molecular complexity index is 667. The van der Waals surface area contributed by atoms with Crippen molar-refractivity contribution in [1.29, 1.82) is 5.26 Å². The molecule has 2 N–H and O–H groups in total. The Morgan fingerprint density at radius 2 is 2.19 bits per heavy atom. The zero-order chi connectivity index (χ0) is 16.0. The molecule has 0 aliphatic rings. The molecule has 1 unspecified atom stereocenters. The zero-order valence-corrected chi connectivity index (χ0v) is 12.2. The molecule has 0 bridgehead atoms. The van der Waals surface area contributed by atoms with Crippen LogP contribution in [0, 0.1) is 23.1 Å². The monoisotopic (exact) mass is 314 g/mol. The molecule has 0 radical (unpaired) electrons. The molecule has 1 aromatic carbocycles. The number of rotatable bonds is 7. The molecule has 114 valence electrons. The summed E-state index contributed by atoms with van der Waals surface area (Å²) in [6.07, 6.45) is 0.302. The van der Waals surface area contributed by atoms with Crippen LogP contribution in [0.5, 0.6) is 0 Å². The van der Waals surface area contributed by atoms with E-state index in [2.05, 4.69) is 4.72 Å². The van der Waals surface area contributed by atoms with Gasteiger partial charge in [-0.3, -0.25) is 4.79 Å². The molecule has 0 saturated heterocycles. The average molecular weight is 314 g/mol. The molecule has 21 heavy (non-hydrogen) atoms. The Labute approximate surface area is 122 Å². The Balaban J connectivity index is 2.95. The number of aliphatic carboxylic acids is 1. The topological polar surface area (TPSA) is 107 Å². The van der Waals surface area contributed by atoms with Gasteiger partial charge in [0.2, 0.25) is 10.0 Å². The maximum Gasteiger partial charge on any atom is 0.303 e. The van der Waals surface area contributed by atoms with Crippen molar-refractivity contribution in [2.45, 2.75) is 24.7 Å². The minimum absolute atomic E-state index is 0.0908. The second-order valence-electron chi connectivity index (χ2n) is 4.45. The van der Waals surface area contributed by atoms with Crippen LogP contribution in [0.1, 0.15) is 25.3 Å². The summed E-state index contributed by atoms with van der Waals surface area (Å²) < 4.78 is 39.8. The van der Waals surface area contributed by atoms with E-state index in [0.29, 0.717) is 6.42 Å². The van der Waals surface area contributed by atoms with Gasteiger partial charge in [-0.15, -0.1) is 0 Å². The number of carboxylic acid groups (broad SMARTS) is 1. The highest BCUT2D eigenvalue weighted by Crippen LogP contribution is 2.18. The molecule has 0 saturated carbocycles. The molecule has 0 spiro atoms. The number of nitrogens with one attached hydrogen (secondary N) is 1. The molecular formula is C13H15FN2O4S. The van der Waals surface area contributed by atoms with Crippen LogP contribution >= 0.6 is 0 Å². The van der Waals surface area contributed by atoms with Gasteiger partial charge in [-0.2, -0.15) is 5.26 Å². The van der Waals surface area contributed by atoms with Gasteiger partial charge in [0.1, 0.15) is 22.3 Å². The molecule has 1 aromatic rings. The first-order chi connectivity index (χ1) is 9.81. The molecule has 0 aliphatic heterocycles. The Morgan fingerprint density at radius 3 is 2.71 bits per heavy atom. The standard InChI is InChI=1S/C13H15FN2O4S/c1-2-9(6-13(17)18)8-16-21(19,20)12-5-3-4-11(14)10(12)7-15/h3-5,9,16H,2,6,8H2,1H3,(H,17,18). The fourth-order valence-electron chi connectivity index (χ4n) is 1.75. The summed E-state index contributed by atoms with van der Waals surface area (Å²) in [5.41, 5.74) is -0.559. The van der Waals surface area contributed by atoms with Crippen molar-refractivity contribution in [3.63, 3.8) is 0 Å². The maximum absolute atomic E-state index is 13.4. The van der Waals surface area contributed by atoms with E-state index in [-0.39, 0.29) is 18.9 Å². The Kier molecular flexibility index (Phi) is 5.81. The fourth-order valence-corrected chi connectivity index (χ4v) is 3.03. The lowest BCUT2D eigenvalue weighted by molar-refractivity contribution is -0.138. The predicted octanol–water partition coefficient (Wildman–Crippen LogP) is 1.48. The molecule has 0 aliphatic carbocycles. The number of hydrogen-bond donors (Lipinski definition) is 2. The van der Waals surface area contributed by atoms with Crippen LogP contribution in [0.4, 0.5) is 4.39 Å². The van der Waals surface area contributed by atoms with Crippen molar-refractivity contribution in [1.82, 2.24) is 4.72 Å². The van der Waals surface area contributed by atoms with Crippen LogP contribution in [0.25, 0.3) is 0 Å². The predicted molar refractivity (Wildman–Crippen MR) is 72.3 cm³/mol. The van der Waals surface area contributed by atoms with Crippen molar-refractivity contribution in [3.05, 3.63) is 29.6 Å². The number of benzene rings is 1. The third-order valence-corrected chi connectivity index (χ3v) is 4.45. The molecule has 8 heteroatoms. The molecule has 0 aromatic heterocycles. The van der Waals surface area contributed by atoms with Gasteiger partial charge in [-0.05, 0) is 18.1 Å². The SMILES string of the molecule is CCC(CNS(=O)(=O)c1cccc(F)c1C#N)CC(=O)O. The summed E-state index contributed by atoms with van der Waals surface area (Å²) in [4.78, 5) is 10.2. The van der Waals surface area contributed by atoms with Crippen molar-refractivity contribution < 1.29 is 22.7 Å². The van der Waals surface area contributed by atoms with Crippen LogP contribution in [0.2, 0.25) is 0 Å². The van der Waals surface area contributed by atoms with Crippen LogP contribution in [0.15, 0.2) is 23.1 Å². The lowest BCUT2D eigenvalue weighted by Gasteiger charge is -2.14. The van der Waals surface area contributed by atoms with Crippen LogP contribution in [0.3, 0.4) is 0 Å². The maximum atomic E-state index is 13.4. The Hall–Kier alpha value is -1.98. The van der Waals surface area contributed by atoms with E-state index in [0.717, 1.165) is 12.1 Å². The Morgan fingerprint density at radius 1 is 1.52 bits per heavy atom.